The molecule has 2 aromatic carbocycles. The van der Waals surface area contributed by atoms with E-state index in [0.717, 1.165) is 22.6 Å². The molecule has 0 bridgehead atoms. The minimum absolute atomic E-state index is 0.0837. The first-order valence-corrected chi connectivity index (χ1v) is 8.45. The van der Waals surface area contributed by atoms with Crippen molar-refractivity contribution in [3.05, 3.63) is 70.6 Å². The molecule has 0 radical (unpaired) electrons. The summed E-state index contributed by atoms with van der Waals surface area (Å²) in [5.74, 6) is 1.35. The van der Waals surface area contributed by atoms with Crippen LogP contribution in [-0.2, 0) is 13.2 Å². The zero-order valence-corrected chi connectivity index (χ0v) is 15.0. The van der Waals surface area contributed by atoms with Crippen molar-refractivity contribution in [3.63, 3.8) is 0 Å². The Morgan fingerprint density at radius 1 is 1.04 bits per heavy atom. The van der Waals surface area contributed by atoms with E-state index in [2.05, 4.69) is 5.32 Å². The highest BCUT2D eigenvalue weighted by Crippen LogP contribution is 2.25. The third-order valence-electron chi connectivity index (χ3n) is 3.96. The molecule has 0 unspecified atom stereocenters. The lowest BCUT2D eigenvalue weighted by molar-refractivity contribution is 0.236. The van der Waals surface area contributed by atoms with Crippen LogP contribution < -0.4 is 10.1 Å². The summed E-state index contributed by atoms with van der Waals surface area (Å²) in [6, 6.07) is 17.2. The fraction of sp³-hybridized carbons (Fsp3) is 0.150. The molecule has 6 heteroatoms. The van der Waals surface area contributed by atoms with Crippen LogP contribution in [0.1, 0.15) is 11.5 Å². The average Bonchev–Trinajstić information content (AvgIpc) is 2.69. The summed E-state index contributed by atoms with van der Waals surface area (Å²) in [4.78, 5) is 0. The van der Waals surface area contributed by atoms with E-state index in [9.17, 15) is 10.2 Å². The second kappa shape index (κ2) is 8.03. The SMILES string of the molecule is COc1ccc(-c2ccc(NCc3oc(CO)cc(=S)c3O)cc2)cc1. The molecule has 3 rings (SSSR count). The van der Waals surface area contributed by atoms with Crippen molar-refractivity contribution < 1.29 is 19.4 Å². The first-order chi connectivity index (χ1) is 12.6. The molecule has 134 valence electrons. The number of hydrogen-bond donors (Lipinski definition) is 3. The second-order valence-corrected chi connectivity index (χ2v) is 6.11. The van der Waals surface area contributed by atoms with Crippen molar-refractivity contribution in [2.75, 3.05) is 12.4 Å². The predicted molar refractivity (Wildman–Crippen MR) is 103 cm³/mol. The Hall–Kier alpha value is -2.83. The van der Waals surface area contributed by atoms with Gasteiger partial charge in [-0.2, -0.15) is 0 Å². The first-order valence-electron chi connectivity index (χ1n) is 8.05. The smallest absolute Gasteiger partial charge is 0.174 e. The van der Waals surface area contributed by atoms with Crippen LogP contribution in [0.2, 0.25) is 0 Å². The van der Waals surface area contributed by atoms with Gasteiger partial charge in [-0.25, -0.2) is 0 Å². The summed E-state index contributed by atoms with van der Waals surface area (Å²) in [7, 11) is 1.64. The molecule has 3 N–H and O–H groups in total. The van der Waals surface area contributed by atoms with Crippen molar-refractivity contribution in [1.29, 1.82) is 0 Å². The molecule has 0 saturated carbocycles. The number of methoxy groups -OCH3 is 1. The molecule has 0 aliphatic heterocycles. The number of aliphatic hydroxyl groups is 1. The quantitative estimate of drug-likeness (QED) is 0.556. The highest BCUT2D eigenvalue weighted by atomic mass is 32.1. The van der Waals surface area contributed by atoms with Crippen LogP contribution in [0.25, 0.3) is 11.1 Å². The van der Waals surface area contributed by atoms with Crippen molar-refractivity contribution in [1.82, 2.24) is 0 Å². The van der Waals surface area contributed by atoms with Crippen LogP contribution in [-0.4, -0.2) is 17.3 Å². The molecular weight excluding hydrogens is 350 g/mol. The van der Waals surface area contributed by atoms with Crippen molar-refractivity contribution in [2.24, 2.45) is 0 Å². The Balaban J connectivity index is 1.72. The molecule has 0 spiro atoms. The maximum atomic E-state index is 10.0. The van der Waals surface area contributed by atoms with E-state index in [1.165, 1.54) is 6.07 Å². The summed E-state index contributed by atoms with van der Waals surface area (Å²) >= 11 is 5.06. The van der Waals surface area contributed by atoms with Crippen LogP contribution in [0.5, 0.6) is 11.5 Å². The molecule has 0 saturated heterocycles. The van der Waals surface area contributed by atoms with Gasteiger partial charge in [-0.05, 0) is 35.4 Å². The lowest BCUT2D eigenvalue weighted by Crippen LogP contribution is -2.01. The fourth-order valence-corrected chi connectivity index (χ4v) is 2.78. The van der Waals surface area contributed by atoms with E-state index in [1.807, 2.05) is 48.5 Å². The minimum atomic E-state index is -0.270. The monoisotopic (exact) mass is 369 g/mol. The summed E-state index contributed by atoms with van der Waals surface area (Å²) in [6.45, 7) is -0.0152. The van der Waals surface area contributed by atoms with Gasteiger partial charge in [-0.1, -0.05) is 36.5 Å². The first kappa shape index (κ1) is 18.0. The number of hydrogen-bond acceptors (Lipinski definition) is 6. The highest BCUT2D eigenvalue weighted by molar-refractivity contribution is 7.71. The van der Waals surface area contributed by atoms with Crippen LogP contribution in [0.4, 0.5) is 5.69 Å². The number of benzene rings is 2. The summed E-state index contributed by atoms with van der Waals surface area (Å²) in [5, 5.41) is 22.4. The molecule has 0 aliphatic carbocycles. The zero-order valence-electron chi connectivity index (χ0n) is 14.2. The molecule has 0 amide bonds. The minimum Gasteiger partial charge on any atom is -0.503 e. The standard InChI is InChI=1S/C20H19NO4S/c1-24-16-8-4-14(5-9-16)13-2-6-15(7-3-13)21-11-18-20(23)19(26)10-17(12-22)25-18/h2-10,21-23H,11-12H2,1H3. The number of rotatable bonds is 6. The lowest BCUT2D eigenvalue weighted by atomic mass is 10.1. The number of ether oxygens (including phenoxy) is 1. The number of anilines is 1. The van der Waals surface area contributed by atoms with Crippen LogP contribution >= 0.6 is 12.2 Å². The van der Waals surface area contributed by atoms with Gasteiger partial charge in [0.05, 0.1) is 18.2 Å². The molecule has 1 heterocycles. The van der Waals surface area contributed by atoms with Gasteiger partial charge in [0.25, 0.3) is 0 Å². The van der Waals surface area contributed by atoms with E-state index in [4.69, 9.17) is 21.4 Å². The number of aromatic hydroxyl groups is 1. The third kappa shape index (κ3) is 4.04. The van der Waals surface area contributed by atoms with Gasteiger partial charge in [-0.3, -0.25) is 0 Å². The topological polar surface area (TPSA) is 74.9 Å². The normalized spacial score (nSPS) is 10.5. The average molecular weight is 369 g/mol. The molecule has 1 aromatic heterocycles. The highest BCUT2D eigenvalue weighted by Gasteiger charge is 2.09. The van der Waals surface area contributed by atoms with E-state index >= 15 is 0 Å². The number of aliphatic hydroxyl groups excluding tert-OH is 1. The Bertz CT molecular complexity index is 934. The van der Waals surface area contributed by atoms with Crippen LogP contribution in [0, 0.1) is 4.51 Å². The fourth-order valence-electron chi connectivity index (χ4n) is 2.53. The van der Waals surface area contributed by atoms with Crippen molar-refractivity contribution in [2.45, 2.75) is 13.2 Å². The largest absolute Gasteiger partial charge is 0.503 e. The van der Waals surface area contributed by atoms with E-state index in [1.54, 1.807) is 7.11 Å². The van der Waals surface area contributed by atoms with Gasteiger partial charge in [0.2, 0.25) is 0 Å². The molecule has 0 fully saturated rings. The number of nitrogens with one attached hydrogen (secondary N) is 1. The maximum absolute atomic E-state index is 10.0. The second-order valence-electron chi connectivity index (χ2n) is 5.67. The Morgan fingerprint density at radius 2 is 1.65 bits per heavy atom. The summed E-state index contributed by atoms with van der Waals surface area (Å²) < 4.78 is 10.9. The van der Waals surface area contributed by atoms with Gasteiger partial charge in [0, 0.05) is 11.8 Å². The van der Waals surface area contributed by atoms with Gasteiger partial charge in [-0.15, -0.1) is 0 Å². The molecule has 0 atom stereocenters. The Labute approximate surface area is 156 Å². The zero-order chi connectivity index (χ0) is 18.5. The van der Waals surface area contributed by atoms with Gasteiger partial charge >= 0.3 is 0 Å². The van der Waals surface area contributed by atoms with Crippen LogP contribution in [0.15, 0.2) is 59.0 Å². The van der Waals surface area contributed by atoms with Gasteiger partial charge < -0.3 is 24.7 Å². The summed E-state index contributed by atoms with van der Waals surface area (Å²) in [6.07, 6.45) is 0. The van der Waals surface area contributed by atoms with Gasteiger partial charge in [0.1, 0.15) is 18.1 Å². The Morgan fingerprint density at radius 3 is 2.23 bits per heavy atom. The van der Waals surface area contributed by atoms with E-state index in [-0.39, 0.29) is 23.4 Å². The molecule has 0 aliphatic rings. The molecular formula is C20H19NO4S. The predicted octanol–water partition coefficient (Wildman–Crippen LogP) is 4.49. The van der Waals surface area contributed by atoms with E-state index < -0.39 is 0 Å². The summed E-state index contributed by atoms with van der Waals surface area (Å²) in [5.41, 5.74) is 3.05. The Kier molecular flexibility index (Phi) is 5.55. The molecule has 26 heavy (non-hydrogen) atoms. The lowest BCUT2D eigenvalue weighted by Gasteiger charge is -2.10. The third-order valence-corrected chi connectivity index (χ3v) is 4.27. The molecule has 5 nitrogen and oxygen atoms in total. The van der Waals surface area contributed by atoms with Crippen LogP contribution in [0.3, 0.4) is 0 Å². The molecule has 3 aromatic rings. The maximum Gasteiger partial charge on any atom is 0.174 e. The van der Waals surface area contributed by atoms with Crippen molar-refractivity contribution in [3.8, 4) is 22.6 Å². The van der Waals surface area contributed by atoms with Crippen molar-refractivity contribution >= 4 is 17.9 Å². The van der Waals surface area contributed by atoms with Gasteiger partial charge in [0.15, 0.2) is 11.5 Å². The van der Waals surface area contributed by atoms with E-state index in [0.29, 0.717) is 11.5 Å².